The van der Waals surface area contributed by atoms with Crippen LogP contribution in [0.4, 0.5) is 4.39 Å². The summed E-state index contributed by atoms with van der Waals surface area (Å²) in [5.41, 5.74) is 7.86. The smallest absolute Gasteiger partial charge is 0.151 e. The third-order valence-corrected chi connectivity index (χ3v) is 8.91. The molecule has 0 fully saturated rings. The minimum Gasteiger partial charge on any atom is -0.309 e. The molecule has 5 aromatic carbocycles. The average molecular weight is 595 g/mol. The Hall–Kier alpha value is -6.07. The highest BCUT2D eigenvalue weighted by Crippen LogP contribution is 2.46. The predicted molar refractivity (Wildman–Crippen MR) is 186 cm³/mol. The maximum absolute atomic E-state index is 17.5. The number of alkyl halides is 1. The molecule has 0 radical (unpaired) electrons. The standard InChI is InChI=1S/C41H27FN4/c42-40(28-14-12-13-27(25-28)33-19-8-10-23-43-33)32-26-36-39(31-18-5-7-21-35(31)46(36)37-22-9-11-24-44-37)41-38(32)30-17-4-6-20-34(30)45(41)29-15-2-1-3-16-29/h1-26,40H. The maximum atomic E-state index is 17.5. The van der Waals surface area contributed by atoms with Crippen molar-refractivity contribution in [2.45, 2.75) is 6.17 Å². The van der Waals surface area contributed by atoms with Crippen LogP contribution in [0.2, 0.25) is 0 Å². The fraction of sp³-hybridized carbons (Fsp3) is 0.0244. The molecule has 1 unspecified atom stereocenters. The molecule has 218 valence electrons. The number of hydrogen-bond acceptors (Lipinski definition) is 2. The molecule has 9 aromatic rings. The van der Waals surface area contributed by atoms with Gasteiger partial charge >= 0.3 is 0 Å². The summed E-state index contributed by atoms with van der Waals surface area (Å²) < 4.78 is 22.0. The van der Waals surface area contributed by atoms with Gasteiger partial charge in [-0.05, 0) is 66.2 Å². The van der Waals surface area contributed by atoms with E-state index in [0.29, 0.717) is 11.1 Å². The van der Waals surface area contributed by atoms with Crippen LogP contribution in [-0.2, 0) is 0 Å². The zero-order valence-electron chi connectivity index (χ0n) is 24.8. The van der Waals surface area contributed by atoms with Crippen molar-refractivity contribution in [3.05, 3.63) is 169 Å². The van der Waals surface area contributed by atoms with Crippen molar-refractivity contribution >= 4 is 43.6 Å². The van der Waals surface area contributed by atoms with Crippen molar-refractivity contribution in [3.8, 4) is 22.8 Å². The Morgan fingerprint density at radius 1 is 0.522 bits per heavy atom. The number of fused-ring (bicyclic) bond motifs is 7. The van der Waals surface area contributed by atoms with Crippen molar-refractivity contribution in [3.63, 3.8) is 0 Å². The summed E-state index contributed by atoms with van der Waals surface area (Å²) >= 11 is 0. The first-order valence-electron chi connectivity index (χ1n) is 15.4. The first-order chi connectivity index (χ1) is 22.8. The Kier molecular flexibility index (Phi) is 6.03. The van der Waals surface area contributed by atoms with E-state index in [1.807, 2.05) is 84.9 Å². The van der Waals surface area contributed by atoms with Crippen LogP contribution in [0.5, 0.6) is 0 Å². The van der Waals surface area contributed by atoms with Gasteiger partial charge in [-0.1, -0.05) is 84.9 Å². The van der Waals surface area contributed by atoms with Gasteiger partial charge in [0.1, 0.15) is 5.82 Å². The molecule has 9 rings (SSSR count). The van der Waals surface area contributed by atoms with Crippen LogP contribution in [0, 0.1) is 0 Å². The lowest BCUT2D eigenvalue weighted by atomic mass is 9.94. The lowest BCUT2D eigenvalue weighted by molar-refractivity contribution is 0.405. The zero-order valence-corrected chi connectivity index (χ0v) is 24.8. The number of benzene rings is 5. The lowest BCUT2D eigenvalue weighted by Gasteiger charge is -2.16. The first-order valence-corrected chi connectivity index (χ1v) is 15.4. The van der Waals surface area contributed by atoms with Gasteiger partial charge in [0.25, 0.3) is 0 Å². The summed E-state index contributed by atoms with van der Waals surface area (Å²) in [6.45, 7) is 0. The van der Waals surface area contributed by atoms with E-state index in [4.69, 9.17) is 4.98 Å². The molecule has 4 aromatic heterocycles. The van der Waals surface area contributed by atoms with Gasteiger partial charge in [-0.3, -0.25) is 9.55 Å². The van der Waals surface area contributed by atoms with Crippen LogP contribution >= 0.6 is 0 Å². The molecule has 0 aliphatic heterocycles. The van der Waals surface area contributed by atoms with Gasteiger partial charge in [0.15, 0.2) is 6.17 Å². The molecule has 4 nitrogen and oxygen atoms in total. The summed E-state index contributed by atoms with van der Waals surface area (Å²) in [5.74, 6) is 0.786. The Morgan fingerprint density at radius 2 is 1.20 bits per heavy atom. The maximum Gasteiger partial charge on any atom is 0.151 e. The fourth-order valence-electron chi connectivity index (χ4n) is 6.98. The van der Waals surface area contributed by atoms with Gasteiger partial charge in [-0.15, -0.1) is 0 Å². The highest BCUT2D eigenvalue weighted by molar-refractivity contribution is 6.27. The van der Waals surface area contributed by atoms with Crippen LogP contribution in [0.15, 0.2) is 158 Å². The van der Waals surface area contributed by atoms with E-state index >= 15 is 4.39 Å². The number of rotatable bonds is 5. The van der Waals surface area contributed by atoms with Crippen LogP contribution in [0.25, 0.3) is 66.4 Å². The molecule has 5 heteroatoms. The quantitative estimate of drug-likeness (QED) is 0.199. The number of pyridine rings is 2. The predicted octanol–water partition coefficient (Wildman–Crippen LogP) is 10.4. The normalized spacial score (nSPS) is 12.4. The number of para-hydroxylation sites is 3. The summed E-state index contributed by atoms with van der Waals surface area (Å²) in [4.78, 5) is 9.28. The molecule has 0 bridgehead atoms. The minimum absolute atomic E-state index is 0.584. The number of nitrogens with zero attached hydrogens (tertiary/aromatic N) is 4. The van der Waals surface area contributed by atoms with Crippen molar-refractivity contribution in [1.29, 1.82) is 0 Å². The monoisotopic (exact) mass is 594 g/mol. The van der Waals surface area contributed by atoms with Crippen molar-refractivity contribution in [2.75, 3.05) is 0 Å². The molecule has 0 spiro atoms. The molecule has 1 atom stereocenters. The number of aromatic nitrogens is 4. The molecule has 0 aliphatic carbocycles. The van der Waals surface area contributed by atoms with E-state index in [0.717, 1.165) is 66.4 Å². The Bertz CT molecular complexity index is 2530. The van der Waals surface area contributed by atoms with E-state index in [2.05, 4.69) is 74.8 Å². The van der Waals surface area contributed by atoms with Gasteiger partial charge in [-0.25, -0.2) is 9.37 Å². The Labute approximate surface area is 264 Å². The molecular weight excluding hydrogens is 567 g/mol. The molecule has 0 N–H and O–H groups in total. The van der Waals surface area contributed by atoms with E-state index in [1.165, 1.54) is 0 Å². The van der Waals surface area contributed by atoms with Gasteiger partial charge in [0.2, 0.25) is 0 Å². The molecule has 0 aliphatic rings. The second-order valence-corrected chi connectivity index (χ2v) is 11.5. The Morgan fingerprint density at radius 3 is 1.93 bits per heavy atom. The molecule has 0 amide bonds. The van der Waals surface area contributed by atoms with Gasteiger partial charge in [0, 0.05) is 50.8 Å². The summed E-state index contributed by atoms with van der Waals surface area (Å²) in [6, 6.07) is 48.5. The van der Waals surface area contributed by atoms with Crippen LogP contribution < -0.4 is 0 Å². The third-order valence-electron chi connectivity index (χ3n) is 8.91. The molecular formula is C41H27FN4. The minimum atomic E-state index is -1.40. The average Bonchev–Trinajstić information content (AvgIpc) is 3.65. The molecule has 46 heavy (non-hydrogen) atoms. The van der Waals surface area contributed by atoms with Crippen molar-refractivity contribution < 1.29 is 4.39 Å². The van der Waals surface area contributed by atoms with Crippen LogP contribution in [0.1, 0.15) is 17.3 Å². The third kappa shape index (κ3) is 3.99. The van der Waals surface area contributed by atoms with Crippen molar-refractivity contribution in [1.82, 2.24) is 19.1 Å². The SMILES string of the molecule is FC(c1cccc(-c2ccccn2)c1)c1cc2c(c3ccccc3n2-c2ccccn2)c2c1c1ccccc1n2-c1ccccc1. The van der Waals surface area contributed by atoms with Gasteiger partial charge in [-0.2, -0.15) is 0 Å². The number of hydrogen-bond donors (Lipinski definition) is 0. The highest BCUT2D eigenvalue weighted by Gasteiger charge is 2.27. The largest absolute Gasteiger partial charge is 0.309 e. The second-order valence-electron chi connectivity index (χ2n) is 11.5. The fourth-order valence-corrected chi connectivity index (χ4v) is 6.98. The van der Waals surface area contributed by atoms with Crippen molar-refractivity contribution in [2.24, 2.45) is 0 Å². The lowest BCUT2D eigenvalue weighted by Crippen LogP contribution is -2.01. The van der Waals surface area contributed by atoms with E-state index in [9.17, 15) is 0 Å². The topological polar surface area (TPSA) is 35.6 Å². The zero-order chi connectivity index (χ0) is 30.6. The second kappa shape index (κ2) is 10.5. The molecule has 4 heterocycles. The van der Waals surface area contributed by atoms with Crippen LogP contribution in [0.3, 0.4) is 0 Å². The number of halogens is 1. The summed E-state index contributed by atoms with van der Waals surface area (Å²) in [5, 5.41) is 4.07. The summed E-state index contributed by atoms with van der Waals surface area (Å²) in [7, 11) is 0. The molecule has 0 saturated carbocycles. The highest BCUT2D eigenvalue weighted by atomic mass is 19.1. The Balaban J connectivity index is 1.46. The summed E-state index contributed by atoms with van der Waals surface area (Å²) in [6.07, 6.45) is 2.17. The first kappa shape index (κ1) is 26.3. The van der Waals surface area contributed by atoms with Gasteiger partial charge in [0.05, 0.1) is 27.8 Å². The van der Waals surface area contributed by atoms with Gasteiger partial charge < -0.3 is 4.57 Å². The van der Waals surface area contributed by atoms with E-state index < -0.39 is 6.17 Å². The van der Waals surface area contributed by atoms with E-state index in [1.54, 1.807) is 12.4 Å². The van der Waals surface area contributed by atoms with Crippen LogP contribution in [-0.4, -0.2) is 19.1 Å². The van der Waals surface area contributed by atoms with E-state index in [-0.39, 0.29) is 0 Å². The molecule has 0 saturated heterocycles.